The number of rotatable bonds is 4. The van der Waals surface area contributed by atoms with Crippen molar-refractivity contribution < 1.29 is 28.2 Å². The van der Waals surface area contributed by atoms with Gasteiger partial charge in [0, 0.05) is 23.9 Å². The molecule has 1 aromatic carbocycles. The van der Waals surface area contributed by atoms with E-state index in [0.717, 1.165) is 0 Å². The van der Waals surface area contributed by atoms with Crippen LogP contribution in [0.25, 0.3) is 11.0 Å². The number of aliphatic hydroxyl groups excluding tert-OH is 1. The van der Waals surface area contributed by atoms with Crippen LogP contribution in [0.15, 0.2) is 24.4 Å². The minimum Gasteiger partial charge on any atom is -0.395 e. The fourth-order valence-corrected chi connectivity index (χ4v) is 2.50. The summed E-state index contributed by atoms with van der Waals surface area (Å²) in [5, 5.41) is 12.9. The first-order valence-corrected chi connectivity index (χ1v) is 7.24. The lowest BCUT2D eigenvalue weighted by atomic mass is 10.2. The minimum absolute atomic E-state index is 0.108. The fourth-order valence-electron chi connectivity index (χ4n) is 2.50. The number of aliphatic hydroxyl groups is 1. The monoisotopic (exact) mass is 350 g/mol. The van der Waals surface area contributed by atoms with E-state index >= 15 is 0 Å². The topological polar surface area (TPSA) is 112 Å². The van der Waals surface area contributed by atoms with Gasteiger partial charge < -0.3 is 29.9 Å². The Labute approximate surface area is 138 Å². The molecule has 10 heteroatoms. The number of anilines is 1. The van der Waals surface area contributed by atoms with E-state index < -0.39 is 12.5 Å². The number of nitrogens with one attached hydrogen (secondary N) is 3. The molecule has 1 atom stereocenters. The van der Waals surface area contributed by atoms with E-state index in [4.69, 9.17) is 0 Å². The number of aromatic nitrogens is 3. The number of ketones is 1. The van der Waals surface area contributed by atoms with Gasteiger partial charge in [-0.2, -0.15) is 0 Å². The molecule has 8 nitrogen and oxygen atoms in total. The zero-order valence-electron chi connectivity index (χ0n) is 12.8. The van der Waals surface area contributed by atoms with Crippen LogP contribution < -0.4 is 14.8 Å². The maximum absolute atomic E-state index is 13.0. The van der Waals surface area contributed by atoms with E-state index in [1.165, 1.54) is 31.3 Å². The molecule has 0 aliphatic carbocycles. The summed E-state index contributed by atoms with van der Waals surface area (Å²) in [6, 6.07) is 4.15. The number of benzene rings is 1. The Hall–Kier alpha value is -3.14. The second-order valence-electron chi connectivity index (χ2n) is 5.52. The summed E-state index contributed by atoms with van der Waals surface area (Å²) in [6.45, 7) is 1.42. The van der Waals surface area contributed by atoms with Gasteiger partial charge in [0.1, 0.15) is 0 Å². The highest BCUT2D eigenvalue weighted by molar-refractivity contribution is 5.94. The molecule has 25 heavy (non-hydrogen) atoms. The molecule has 4 N–H and O–H groups in total. The highest BCUT2D eigenvalue weighted by Crippen LogP contribution is 2.43. The van der Waals surface area contributed by atoms with Crippen LogP contribution in [0.4, 0.5) is 14.7 Å². The number of halogens is 2. The van der Waals surface area contributed by atoms with Crippen molar-refractivity contribution in [1.82, 2.24) is 15.0 Å². The number of H-pyrrole nitrogens is 2. The number of carbonyl (C=O) groups excluding carboxylic acids is 1. The van der Waals surface area contributed by atoms with Crippen molar-refractivity contribution in [1.29, 1.82) is 0 Å². The molecule has 0 saturated heterocycles. The average molecular weight is 350 g/mol. The Bertz CT molecular complexity index is 936. The summed E-state index contributed by atoms with van der Waals surface area (Å²) < 4.78 is 34.8. The predicted molar refractivity (Wildman–Crippen MR) is 81.7 cm³/mol. The van der Waals surface area contributed by atoms with Crippen LogP contribution in [0.2, 0.25) is 0 Å². The summed E-state index contributed by atoms with van der Waals surface area (Å²) >= 11 is 0. The van der Waals surface area contributed by atoms with Gasteiger partial charge in [-0.25, -0.2) is 4.98 Å². The van der Waals surface area contributed by atoms with Crippen molar-refractivity contribution in [2.75, 3.05) is 5.32 Å². The predicted octanol–water partition coefficient (Wildman–Crippen LogP) is 2.52. The smallest absolute Gasteiger partial charge is 0.395 e. The molecule has 130 valence electrons. The molecule has 1 aliphatic heterocycles. The van der Waals surface area contributed by atoms with Gasteiger partial charge in [-0.15, -0.1) is 8.78 Å². The molecule has 0 radical (unpaired) electrons. The number of hydrogen-bond acceptors (Lipinski definition) is 6. The average Bonchev–Trinajstić information content (AvgIpc) is 3.18. The Balaban J connectivity index is 1.57. The molecule has 1 unspecified atom stereocenters. The first kappa shape index (κ1) is 15.4. The lowest BCUT2D eigenvalue weighted by molar-refractivity contribution is -0.286. The van der Waals surface area contributed by atoms with Crippen molar-refractivity contribution in [3.05, 3.63) is 35.7 Å². The second-order valence-corrected chi connectivity index (χ2v) is 5.52. The number of carbonyl (C=O) groups is 1. The van der Waals surface area contributed by atoms with Gasteiger partial charge in [0.2, 0.25) is 5.95 Å². The quantitative estimate of drug-likeness (QED) is 0.425. The second kappa shape index (κ2) is 5.18. The number of alkyl halides is 2. The fraction of sp³-hybridized carbons (Fsp3) is 0.200. The van der Waals surface area contributed by atoms with Gasteiger partial charge in [0.15, 0.2) is 23.5 Å². The Morgan fingerprint density at radius 1 is 1.32 bits per heavy atom. The van der Waals surface area contributed by atoms with Crippen LogP contribution in [0.3, 0.4) is 0 Å². The first-order chi connectivity index (χ1) is 11.8. The van der Waals surface area contributed by atoms with Crippen molar-refractivity contribution >= 4 is 22.8 Å². The lowest BCUT2D eigenvalue weighted by Crippen LogP contribution is -2.25. The van der Waals surface area contributed by atoms with Crippen LogP contribution in [0, 0.1) is 0 Å². The number of imidazole rings is 1. The van der Waals surface area contributed by atoms with Gasteiger partial charge in [-0.1, -0.05) is 0 Å². The SMILES string of the molecule is CC(=O)c1c[nH]c(C(O)Nc2nc3cc4c(cc3[nH]2)OC(F)(F)O4)c1. The summed E-state index contributed by atoms with van der Waals surface area (Å²) in [6.07, 6.45) is -3.36. The van der Waals surface area contributed by atoms with Crippen molar-refractivity contribution in [3.63, 3.8) is 0 Å². The maximum atomic E-state index is 13.0. The number of nitrogens with zero attached hydrogens (tertiary/aromatic N) is 1. The summed E-state index contributed by atoms with van der Waals surface area (Å²) in [5.74, 6) is -0.156. The molecule has 1 aliphatic rings. The maximum Gasteiger partial charge on any atom is 0.586 e. The van der Waals surface area contributed by atoms with Gasteiger partial charge >= 0.3 is 6.29 Å². The summed E-state index contributed by atoms with van der Waals surface area (Å²) in [7, 11) is 0. The molecule has 0 fully saturated rings. The molecule has 0 spiro atoms. The van der Waals surface area contributed by atoms with E-state index in [1.807, 2.05) is 0 Å². The zero-order valence-corrected chi connectivity index (χ0v) is 12.8. The number of Topliss-reactive ketones (excluding diaryl/α,β-unsaturated/α-hetero) is 1. The Morgan fingerprint density at radius 3 is 2.72 bits per heavy atom. The number of aromatic amines is 2. The van der Waals surface area contributed by atoms with Gasteiger partial charge in [-0.05, 0) is 13.0 Å². The third-order valence-corrected chi connectivity index (χ3v) is 3.68. The highest BCUT2D eigenvalue weighted by atomic mass is 19.3. The van der Waals surface area contributed by atoms with Crippen molar-refractivity contribution in [3.8, 4) is 11.5 Å². The number of ether oxygens (including phenoxy) is 2. The van der Waals surface area contributed by atoms with E-state index in [0.29, 0.717) is 22.3 Å². The molecule has 0 bridgehead atoms. The summed E-state index contributed by atoms with van der Waals surface area (Å²) in [5.41, 5.74) is 1.59. The van der Waals surface area contributed by atoms with Crippen LogP contribution in [0.1, 0.15) is 29.2 Å². The van der Waals surface area contributed by atoms with Crippen molar-refractivity contribution in [2.24, 2.45) is 0 Å². The normalized spacial score (nSPS) is 16.2. The molecule has 3 aromatic rings. The van der Waals surface area contributed by atoms with E-state index in [9.17, 15) is 18.7 Å². The minimum atomic E-state index is -3.69. The Morgan fingerprint density at radius 2 is 2.04 bits per heavy atom. The molecular weight excluding hydrogens is 338 g/mol. The largest absolute Gasteiger partial charge is 0.586 e. The molecule has 3 heterocycles. The third-order valence-electron chi connectivity index (χ3n) is 3.68. The van der Waals surface area contributed by atoms with Crippen LogP contribution in [-0.4, -0.2) is 32.1 Å². The highest BCUT2D eigenvalue weighted by Gasteiger charge is 2.43. The van der Waals surface area contributed by atoms with Gasteiger partial charge in [0.05, 0.1) is 16.7 Å². The first-order valence-electron chi connectivity index (χ1n) is 7.24. The molecule has 2 aromatic heterocycles. The molecule has 0 saturated carbocycles. The van der Waals surface area contributed by atoms with Crippen LogP contribution in [-0.2, 0) is 0 Å². The van der Waals surface area contributed by atoms with E-state index in [2.05, 4.69) is 29.7 Å². The van der Waals surface area contributed by atoms with E-state index in [-0.39, 0.29) is 23.2 Å². The standard InChI is InChI=1S/C15H12F2N4O4/c1-6(22)7-2-10(18-5-7)13(23)21-14-19-8-3-11-12(4-9(8)20-14)25-15(16,17)24-11/h2-5,13,18,23H,1H3,(H2,19,20,21). The molecule has 4 rings (SSSR count). The van der Waals surface area contributed by atoms with Crippen molar-refractivity contribution in [2.45, 2.75) is 19.4 Å². The third kappa shape index (κ3) is 2.76. The molecular formula is C15H12F2N4O4. The zero-order chi connectivity index (χ0) is 17.8. The van der Waals surface area contributed by atoms with Gasteiger partial charge in [-0.3, -0.25) is 4.79 Å². The molecule has 0 amide bonds. The van der Waals surface area contributed by atoms with Crippen LogP contribution in [0.5, 0.6) is 11.5 Å². The number of hydrogen-bond donors (Lipinski definition) is 4. The van der Waals surface area contributed by atoms with Crippen LogP contribution >= 0.6 is 0 Å². The van der Waals surface area contributed by atoms with Gasteiger partial charge in [0.25, 0.3) is 0 Å². The van der Waals surface area contributed by atoms with E-state index in [1.54, 1.807) is 0 Å². The summed E-state index contributed by atoms with van der Waals surface area (Å²) in [4.78, 5) is 21.1. The lowest BCUT2D eigenvalue weighted by Gasteiger charge is -2.09. The number of fused-ring (bicyclic) bond motifs is 2. The Kier molecular flexibility index (Phi) is 3.19.